The van der Waals surface area contributed by atoms with E-state index in [0.717, 1.165) is 15.6 Å². The molecule has 0 saturated heterocycles. The molecule has 0 fully saturated rings. The summed E-state index contributed by atoms with van der Waals surface area (Å²) < 4.78 is 0.936. The quantitative estimate of drug-likeness (QED) is 0.449. The largest absolute Gasteiger partial charge is 0.113 e. The number of alkyl halides is 1. The van der Waals surface area contributed by atoms with Crippen LogP contribution in [0.1, 0.15) is 16.5 Å². The Kier molecular flexibility index (Phi) is 4.02. The number of benzene rings is 3. The van der Waals surface area contributed by atoms with Crippen molar-refractivity contribution in [3.63, 3.8) is 0 Å². The van der Waals surface area contributed by atoms with Gasteiger partial charge < -0.3 is 0 Å². The Bertz CT molecular complexity index is 742. The molecule has 1 atom stereocenters. The molecule has 3 heteroatoms. The minimum absolute atomic E-state index is 0.226. The van der Waals surface area contributed by atoms with Crippen LogP contribution in [0.15, 0.2) is 65.1 Å². The van der Waals surface area contributed by atoms with E-state index in [1.54, 1.807) is 0 Å². The summed E-state index contributed by atoms with van der Waals surface area (Å²) in [7, 11) is 0. The molecule has 0 aliphatic rings. The molecule has 0 aliphatic heterocycles. The second kappa shape index (κ2) is 5.77. The highest BCUT2D eigenvalue weighted by Crippen LogP contribution is 2.36. The smallest absolute Gasteiger partial charge is 0.0842 e. The van der Waals surface area contributed by atoms with Crippen LogP contribution in [-0.4, -0.2) is 0 Å². The Morgan fingerprint density at radius 2 is 1.65 bits per heavy atom. The molecular formula is C17H11BrCl2. The highest BCUT2D eigenvalue weighted by Gasteiger charge is 2.14. The minimum Gasteiger partial charge on any atom is -0.113 e. The fourth-order valence-corrected chi connectivity index (χ4v) is 3.58. The minimum atomic E-state index is -0.226. The molecule has 0 amide bonds. The maximum absolute atomic E-state index is 6.68. The predicted octanol–water partition coefficient (Wildman–Crippen LogP) is 6.58. The summed E-state index contributed by atoms with van der Waals surface area (Å²) in [6.45, 7) is 0. The first-order chi connectivity index (χ1) is 9.65. The zero-order valence-corrected chi connectivity index (χ0v) is 13.6. The van der Waals surface area contributed by atoms with Crippen LogP contribution in [0.5, 0.6) is 0 Å². The molecule has 1 unspecified atom stereocenters. The topological polar surface area (TPSA) is 0 Å². The van der Waals surface area contributed by atoms with Crippen molar-refractivity contribution in [3.05, 3.63) is 81.3 Å². The molecule has 0 nitrogen and oxygen atoms in total. The Labute approximate surface area is 136 Å². The first-order valence-corrected chi connectivity index (χ1v) is 7.83. The molecule has 20 heavy (non-hydrogen) atoms. The van der Waals surface area contributed by atoms with Crippen LogP contribution in [0.25, 0.3) is 10.8 Å². The molecule has 0 saturated carbocycles. The summed E-state index contributed by atoms with van der Waals surface area (Å²) >= 11 is 16.2. The van der Waals surface area contributed by atoms with Gasteiger partial charge in [0.15, 0.2) is 0 Å². The summed E-state index contributed by atoms with van der Waals surface area (Å²) in [6, 6.07) is 20.2. The first-order valence-electron chi connectivity index (χ1n) is 6.23. The summed E-state index contributed by atoms with van der Waals surface area (Å²) in [5, 5.41) is 2.82. The zero-order chi connectivity index (χ0) is 14.1. The third-order valence-corrected chi connectivity index (χ3v) is 4.44. The molecule has 0 spiro atoms. The Balaban J connectivity index is 2.15. The van der Waals surface area contributed by atoms with Crippen LogP contribution in [0, 0.1) is 0 Å². The Morgan fingerprint density at radius 3 is 2.45 bits per heavy atom. The third kappa shape index (κ3) is 2.71. The van der Waals surface area contributed by atoms with E-state index >= 15 is 0 Å². The average molecular weight is 366 g/mol. The zero-order valence-electron chi connectivity index (χ0n) is 10.5. The van der Waals surface area contributed by atoms with Gasteiger partial charge in [0.05, 0.1) is 5.38 Å². The predicted molar refractivity (Wildman–Crippen MR) is 90.8 cm³/mol. The highest BCUT2D eigenvalue weighted by molar-refractivity contribution is 9.10. The van der Waals surface area contributed by atoms with Crippen LogP contribution in [0.4, 0.5) is 0 Å². The molecule has 0 radical (unpaired) electrons. The van der Waals surface area contributed by atoms with Crippen molar-refractivity contribution < 1.29 is 0 Å². The number of hydrogen-bond acceptors (Lipinski definition) is 0. The number of fused-ring (bicyclic) bond motifs is 1. The summed E-state index contributed by atoms with van der Waals surface area (Å²) in [6.07, 6.45) is 0. The lowest BCUT2D eigenvalue weighted by Crippen LogP contribution is -1.95. The van der Waals surface area contributed by atoms with Crippen molar-refractivity contribution >= 4 is 49.9 Å². The van der Waals surface area contributed by atoms with Gasteiger partial charge in [-0.05, 0) is 40.1 Å². The van der Waals surface area contributed by atoms with E-state index in [0.29, 0.717) is 5.02 Å². The number of halogens is 3. The molecule has 0 aromatic heterocycles. The van der Waals surface area contributed by atoms with Crippen molar-refractivity contribution in [2.75, 3.05) is 0 Å². The Hall–Kier alpha value is -1.02. The van der Waals surface area contributed by atoms with Crippen LogP contribution in [0.3, 0.4) is 0 Å². The summed E-state index contributed by atoms with van der Waals surface area (Å²) in [4.78, 5) is 0. The van der Waals surface area contributed by atoms with Crippen LogP contribution in [0.2, 0.25) is 5.02 Å². The first kappa shape index (κ1) is 13.9. The Morgan fingerprint density at radius 1 is 0.900 bits per heavy atom. The van der Waals surface area contributed by atoms with Gasteiger partial charge in [0.25, 0.3) is 0 Å². The van der Waals surface area contributed by atoms with Crippen molar-refractivity contribution in [3.8, 4) is 0 Å². The lowest BCUT2D eigenvalue weighted by atomic mass is 9.98. The summed E-state index contributed by atoms with van der Waals surface area (Å²) in [5.74, 6) is 0. The van der Waals surface area contributed by atoms with Gasteiger partial charge >= 0.3 is 0 Å². The van der Waals surface area contributed by atoms with E-state index in [9.17, 15) is 0 Å². The van der Waals surface area contributed by atoms with E-state index in [2.05, 4.69) is 40.2 Å². The lowest BCUT2D eigenvalue weighted by molar-refractivity contribution is 1.16. The maximum Gasteiger partial charge on any atom is 0.0842 e. The fraction of sp³-hybridized carbons (Fsp3) is 0.0588. The van der Waals surface area contributed by atoms with Crippen molar-refractivity contribution in [2.45, 2.75) is 5.38 Å². The average Bonchev–Trinajstić information content (AvgIpc) is 2.45. The van der Waals surface area contributed by atoms with Crippen molar-refractivity contribution in [1.82, 2.24) is 0 Å². The molecule has 3 rings (SSSR count). The van der Waals surface area contributed by atoms with Gasteiger partial charge in [-0.15, -0.1) is 11.6 Å². The summed E-state index contributed by atoms with van der Waals surface area (Å²) in [5.41, 5.74) is 2.08. The molecule has 0 aliphatic carbocycles. The monoisotopic (exact) mass is 364 g/mol. The van der Waals surface area contributed by atoms with Gasteiger partial charge in [0.1, 0.15) is 0 Å². The molecule has 3 aromatic carbocycles. The maximum atomic E-state index is 6.68. The van der Waals surface area contributed by atoms with Gasteiger partial charge in [0.2, 0.25) is 0 Å². The second-order valence-corrected chi connectivity index (χ2v) is 6.42. The van der Waals surface area contributed by atoms with E-state index in [1.807, 2.05) is 36.4 Å². The molecule has 100 valence electrons. The normalized spacial score (nSPS) is 12.6. The lowest BCUT2D eigenvalue weighted by Gasteiger charge is -2.14. The van der Waals surface area contributed by atoms with Gasteiger partial charge in [-0.2, -0.15) is 0 Å². The van der Waals surface area contributed by atoms with Gasteiger partial charge in [-0.1, -0.05) is 70.0 Å². The number of rotatable bonds is 2. The van der Waals surface area contributed by atoms with Gasteiger partial charge in [-0.25, -0.2) is 0 Å². The fourth-order valence-electron chi connectivity index (χ4n) is 2.37. The van der Waals surface area contributed by atoms with E-state index in [1.165, 1.54) is 10.8 Å². The SMILES string of the molecule is Clc1cc(Br)cc(C(Cl)c2cccc3ccccc23)c1. The van der Waals surface area contributed by atoms with E-state index < -0.39 is 0 Å². The molecule has 3 aromatic rings. The molecule has 0 heterocycles. The van der Waals surface area contributed by atoms with Crippen LogP contribution in [-0.2, 0) is 0 Å². The van der Waals surface area contributed by atoms with E-state index in [-0.39, 0.29) is 5.38 Å². The molecular weight excluding hydrogens is 355 g/mol. The third-order valence-electron chi connectivity index (χ3n) is 3.27. The highest BCUT2D eigenvalue weighted by atomic mass is 79.9. The molecule has 0 bridgehead atoms. The standard InChI is InChI=1S/C17H11BrCl2/c18-13-8-12(9-14(19)10-13)17(20)16-7-3-5-11-4-1-2-6-15(11)16/h1-10,17H. The van der Waals surface area contributed by atoms with Gasteiger partial charge in [-0.3, -0.25) is 0 Å². The number of hydrogen-bond donors (Lipinski definition) is 0. The van der Waals surface area contributed by atoms with Crippen LogP contribution >= 0.6 is 39.1 Å². The van der Waals surface area contributed by atoms with Crippen LogP contribution < -0.4 is 0 Å². The van der Waals surface area contributed by atoms with Crippen molar-refractivity contribution in [1.29, 1.82) is 0 Å². The van der Waals surface area contributed by atoms with Gasteiger partial charge in [0, 0.05) is 9.50 Å². The molecule has 0 N–H and O–H groups in total. The second-order valence-electron chi connectivity index (χ2n) is 4.63. The van der Waals surface area contributed by atoms with Crippen molar-refractivity contribution in [2.24, 2.45) is 0 Å². The van der Waals surface area contributed by atoms with E-state index in [4.69, 9.17) is 23.2 Å².